The van der Waals surface area contributed by atoms with Crippen molar-refractivity contribution >= 4 is 15.7 Å². The zero-order valence-electron chi connectivity index (χ0n) is 11.2. The van der Waals surface area contributed by atoms with Gasteiger partial charge in [-0.1, -0.05) is 6.07 Å². The van der Waals surface area contributed by atoms with Gasteiger partial charge in [0.25, 0.3) is 0 Å². The van der Waals surface area contributed by atoms with Gasteiger partial charge < -0.3 is 4.74 Å². The summed E-state index contributed by atoms with van der Waals surface area (Å²) < 4.78 is 44.7. The number of nitro benzene ring substituents is 1. The van der Waals surface area contributed by atoms with Crippen LogP contribution in [0.5, 0.6) is 0 Å². The summed E-state index contributed by atoms with van der Waals surface area (Å²) in [5.41, 5.74) is -1.87. The van der Waals surface area contributed by atoms with Gasteiger partial charge in [-0.3, -0.25) is 10.1 Å². The Kier molecular flexibility index (Phi) is 4.79. The third-order valence-corrected chi connectivity index (χ3v) is 4.10. The molecule has 0 aliphatic heterocycles. The number of hydrogen-bond donors (Lipinski definition) is 1. The molecule has 9 heteroatoms. The van der Waals surface area contributed by atoms with Gasteiger partial charge in [0.1, 0.15) is 0 Å². The van der Waals surface area contributed by atoms with Crippen molar-refractivity contribution in [3.63, 3.8) is 0 Å². The van der Waals surface area contributed by atoms with Crippen LogP contribution in [0.4, 0.5) is 10.1 Å². The molecular formula is C11H15FN2O5S. The number of nitrogens with zero attached hydrogens (tertiary/aromatic N) is 1. The maximum Gasteiger partial charge on any atom is 0.324 e. The largest absolute Gasteiger partial charge is 0.377 e. The summed E-state index contributed by atoms with van der Waals surface area (Å²) in [6.45, 7) is 3.16. The lowest BCUT2D eigenvalue weighted by molar-refractivity contribution is -0.390. The van der Waals surface area contributed by atoms with Gasteiger partial charge in [-0.2, -0.15) is 4.39 Å². The average molecular weight is 306 g/mol. The zero-order valence-corrected chi connectivity index (χ0v) is 12.0. The molecule has 7 nitrogen and oxygen atoms in total. The van der Waals surface area contributed by atoms with Crippen LogP contribution in [0.25, 0.3) is 0 Å². The highest BCUT2D eigenvalue weighted by Crippen LogP contribution is 2.26. The van der Waals surface area contributed by atoms with E-state index in [-0.39, 0.29) is 6.54 Å². The molecule has 0 bridgehead atoms. The van der Waals surface area contributed by atoms with Crippen molar-refractivity contribution in [3.05, 3.63) is 34.1 Å². The number of hydrogen-bond acceptors (Lipinski definition) is 5. The molecule has 0 fully saturated rings. The summed E-state index contributed by atoms with van der Waals surface area (Å²) in [6.07, 6.45) is 0. The highest BCUT2D eigenvalue weighted by molar-refractivity contribution is 7.89. The van der Waals surface area contributed by atoms with Crippen LogP contribution >= 0.6 is 0 Å². The SMILES string of the molecule is COC(C)(C)CNS(=O)(=O)c1cccc(F)c1[N+](=O)[O-]. The van der Waals surface area contributed by atoms with Crippen LogP contribution in [0.1, 0.15) is 13.8 Å². The predicted molar refractivity (Wildman–Crippen MR) is 69.3 cm³/mol. The monoisotopic (exact) mass is 306 g/mol. The minimum Gasteiger partial charge on any atom is -0.377 e. The average Bonchev–Trinajstić information content (AvgIpc) is 2.36. The maximum atomic E-state index is 13.4. The van der Waals surface area contributed by atoms with E-state index in [1.807, 2.05) is 0 Å². The van der Waals surface area contributed by atoms with Crippen LogP contribution in [0.2, 0.25) is 0 Å². The third kappa shape index (κ3) is 3.71. The van der Waals surface area contributed by atoms with E-state index in [0.717, 1.165) is 18.2 Å². The minimum atomic E-state index is -4.21. The fraction of sp³-hybridized carbons (Fsp3) is 0.455. The van der Waals surface area contributed by atoms with Gasteiger partial charge in [0.2, 0.25) is 15.8 Å². The van der Waals surface area contributed by atoms with Crippen molar-refractivity contribution in [3.8, 4) is 0 Å². The molecule has 0 heterocycles. The Morgan fingerprint density at radius 1 is 1.45 bits per heavy atom. The van der Waals surface area contributed by atoms with Crippen molar-refractivity contribution in [2.24, 2.45) is 0 Å². The van der Waals surface area contributed by atoms with Crippen molar-refractivity contribution in [2.45, 2.75) is 24.3 Å². The molecule has 0 radical (unpaired) electrons. The number of benzene rings is 1. The standard InChI is InChI=1S/C11H15FN2O5S/c1-11(2,19-3)7-13-20(17,18)9-6-4-5-8(12)10(9)14(15)16/h4-6,13H,7H2,1-3H3. The van der Waals surface area contributed by atoms with Crippen LogP contribution in [0.3, 0.4) is 0 Å². The van der Waals surface area contributed by atoms with Crippen molar-refractivity contribution in [1.29, 1.82) is 0 Å². The van der Waals surface area contributed by atoms with Crippen LogP contribution in [0.15, 0.2) is 23.1 Å². The van der Waals surface area contributed by atoms with Crippen molar-refractivity contribution in [2.75, 3.05) is 13.7 Å². The topological polar surface area (TPSA) is 98.5 Å². The van der Waals surface area contributed by atoms with Crippen molar-refractivity contribution in [1.82, 2.24) is 4.72 Å². The minimum absolute atomic E-state index is 0.112. The number of halogens is 1. The Morgan fingerprint density at radius 2 is 2.05 bits per heavy atom. The van der Waals surface area contributed by atoms with Gasteiger partial charge in [0.05, 0.1) is 10.5 Å². The Morgan fingerprint density at radius 3 is 2.55 bits per heavy atom. The van der Waals surface area contributed by atoms with E-state index >= 15 is 0 Å². The second-order valence-corrected chi connectivity index (χ2v) is 6.37. The van der Waals surface area contributed by atoms with Gasteiger partial charge in [-0.25, -0.2) is 13.1 Å². The summed E-state index contributed by atoms with van der Waals surface area (Å²) in [7, 11) is -2.81. The molecule has 0 unspecified atom stereocenters. The van der Waals surface area contributed by atoms with Crippen LogP contribution in [-0.2, 0) is 14.8 Å². The fourth-order valence-corrected chi connectivity index (χ4v) is 2.69. The zero-order chi connectivity index (χ0) is 15.6. The highest BCUT2D eigenvalue weighted by Gasteiger charge is 2.30. The molecule has 20 heavy (non-hydrogen) atoms. The maximum absolute atomic E-state index is 13.4. The highest BCUT2D eigenvalue weighted by atomic mass is 32.2. The molecule has 0 aromatic heterocycles. The predicted octanol–water partition coefficient (Wildman–Crippen LogP) is 1.44. The first kappa shape index (κ1) is 16.5. The van der Waals surface area contributed by atoms with Crippen LogP contribution in [0, 0.1) is 15.9 Å². The quantitative estimate of drug-likeness (QED) is 0.633. The third-order valence-electron chi connectivity index (χ3n) is 2.66. The van der Waals surface area contributed by atoms with Gasteiger partial charge >= 0.3 is 5.69 Å². The molecule has 0 saturated heterocycles. The molecule has 0 aliphatic rings. The number of sulfonamides is 1. The Labute approximate surface area is 115 Å². The first-order valence-electron chi connectivity index (χ1n) is 5.58. The molecule has 0 amide bonds. The molecule has 1 aromatic rings. The molecular weight excluding hydrogens is 291 g/mol. The van der Waals surface area contributed by atoms with E-state index in [0.29, 0.717) is 0 Å². The smallest absolute Gasteiger partial charge is 0.324 e. The lowest BCUT2D eigenvalue weighted by atomic mass is 10.1. The lowest BCUT2D eigenvalue weighted by Crippen LogP contribution is -2.39. The normalized spacial score (nSPS) is 12.4. The van der Waals surface area contributed by atoms with Crippen molar-refractivity contribution < 1.29 is 22.5 Å². The van der Waals surface area contributed by atoms with E-state index in [2.05, 4.69) is 4.72 Å². The summed E-state index contributed by atoms with van der Waals surface area (Å²) in [5.74, 6) is -1.20. The number of para-hydroxylation sites is 1. The number of nitrogens with one attached hydrogen (secondary N) is 1. The van der Waals surface area contributed by atoms with E-state index in [1.54, 1.807) is 13.8 Å². The van der Waals surface area contributed by atoms with Crippen LogP contribution in [-0.4, -0.2) is 32.6 Å². The molecule has 1 N–H and O–H groups in total. The Bertz CT molecular complexity index is 615. The van der Waals surface area contributed by atoms with Gasteiger partial charge in [0, 0.05) is 13.7 Å². The van der Waals surface area contributed by atoms with Gasteiger partial charge in [-0.15, -0.1) is 0 Å². The molecule has 0 spiro atoms. The van der Waals surface area contributed by atoms with E-state index in [9.17, 15) is 22.9 Å². The van der Waals surface area contributed by atoms with Crippen LogP contribution < -0.4 is 4.72 Å². The summed E-state index contributed by atoms with van der Waals surface area (Å²) in [6, 6.07) is 2.90. The summed E-state index contributed by atoms with van der Waals surface area (Å²) in [5, 5.41) is 10.8. The molecule has 1 aromatic carbocycles. The molecule has 0 aliphatic carbocycles. The van der Waals surface area contributed by atoms with Gasteiger partial charge in [0.15, 0.2) is 4.90 Å². The molecule has 1 rings (SSSR count). The fourth-order valence-electron chi connectivity index (χ4n) is 1.31. The first-order chi connectivity index (χ1) is 9.10. The Balaban J connectivity index is 3.17. The second kappa shape index (κ2) is 5.81. The van der Waals surface area contributed by atoms with Gasteiger partial charge in [-0.05, 0) is 26.0 Å². The lowest BCUT2D eigenvalue weighted by Gasteiger charge is -2.22. The van der Waals surface area contributed by atoms with E-state index < -0.39 is 36.9 Å². The number of ether oxygens (including phenoxy) is 1. The molecule has 0 saturated carbocycles. The van der Waals surface area contributed by atoms with E-state index in [1.165, 1.54) is 7.11 Å². The second-order valence-electron chi connectivity index (χ2n) is 4.63. The summed E-state index contributed by atoms with van der Waals surface area (Å²) >= 11 is 0. The summed E-state index contributed by atoms with van der Waals surface area (Å²) in [4.78, 5) is 9.02. The number of nitro groups is 1. The first-order valence-corrected chi connectivity index (χ1v) is 7.07. The molecule has 0 atom stereocenters. The molecule has 112 valence electrons. The Hall–Kier alpha value is -1.58. The van der Waals surface area contributed by atoms with E-state index in [4.69, 9.17) is 4.74 Å². The number of methoxy groups -OCH3 is 1. The number of rotatable bonds is 6.